The number of benzene rings is 3. The number of phenolic OH excluding ortho intramolecular Hbond substituents is 1. The molecule has 0 radical (unpaired) electrons. The Hall–Kier alpha value is -2.91. The average molecular weight is 460 g/mol. The van der Waals surface area contributed by atoms with Gasteiger partial charge in [-0.3, -0.25) is 14.9 Å². The summed E-state index contributed by atoms with van der Waals surface area (Å²) < 4.78 is 0.168. The van der Waals surface area contributed by atoms with Crippen LogP contribution in [0.2, 0.25) is 0 Å². The van der Waals surface area contributed by atoms with Gasteiger partial charge in [-0.2, -0.15) is 5.10 Å². The fourth-order valence-electron chi connectivity index (χ4n) is 2.49. The molecule has 0 fully saturated rings. The number of rotatable bonds is 6. The maximum absolute atomic E-state index is 12.0. The number of aromatic hydroxyl groups is 1. The molecule has 3 rings (SSSR count). The maximum Gasteiger partial charge on any atom is 0.312 e. The lowest BCUT2D eigenvalue weighted by Crippen LogP contribution is -2.19. The zero-order valence-corrected chi connectivity index (χ0v) is 16.7. The molecule has 0 heterocycles. The third-order valence-corrected chi connectivity index (χ3v) is 5.45. The Kier molecular flexibility index (Phi) is 6.27. The first-order valence-corrected chi connectivity index (χ1v) is 9.83. The average Bonchev–Trinajstić information content (AvgIpc) is 2.68. The molecule has 1 amide bonds. The first-order chi connectivity index (χ1) is 13.5. The fourth-order valence-corrected chi connectivity index (χ4v) is 3.83. The van der Waals surface area contributed by atoms with E-state index in [1.54, 1.807) is 0 Å². The summed E-state index contributed by atoms with van der Waals surface area (Å²) in [5.74, 6) is -0.593. The van der Waals surface area contributed by atoms with Crippen LogP contribution < -0.4 is 5.43 Å². The standard InChI is InChI=1S/C19H14BrN3O4S/c20-15-8-12(9-16(19(15)25)23(26)27)10-21-22-18(24)11-28-17-7-3-5-13-4-1-2-6-14(13)17/h1-10,25H,11H2,(H,22,24). The number of hydrogen-bond acceptors (Lipinski definition) is 6. The van der Waals surface area contributed by atoms with Crippen LogP contribution in [0.3, 0.4) is 0 Å². The van der Waals surface area contributed by atoms with Crippen LogP contribution in [0.4, 0.5) is 5.69 Å². The number of hydrazone groups is 1. The third-order valence-electron chi connectivity index (χ3n) is 3.77. The maximum atomic E-state index is 12.0. The number of halogens is 1. The van der Waals surface area contributed by atoms with E-state index in [0.29, 0.717) is 5.56 Å². The number of nitro groups is 1. The van der Waals surface area contributed by atoms with Gasteiger partial charge in [0.2, 0.25) is 11.7 Å². The van der Waals surface area contributed by atoms with E-state index in [0.717, 1.165) is 15.7 Å². The lowest BCUT2D eigenvalue weighted by Gasteiger charge is -2.05. The molecule has 0 aromatic heterocycles. The van der Waals surface area contributed by atoms with Crippen molar-refractivity contribution < 1.29 is 14.8 Å². The molecule has 7 nitrogen and oxygen atoms in total. The number of nitro benzene ring substituents is 1. The second kappa shape index (κ2) is 8.85. The van der Waals surface area contributed by atoms with E-state index in [9.17, 15) is 20.0 Å². The van der Waals surface area contributed by atoms with E-state index in [1.807, 2.05) is 42.5 Å². The van der Waals surface area contributed by atoms with Gasteiger partial charge in [0.15, 0.2) is 0 Å². The van der Waals surface area contributed by atoms with Crippen molar-refractivity contribution in [1.82, 2.24) is 5.43 Å². The molecule has 0 aliphatic rings. The van der Waals surface area contributed by atoms with Gasteiger partial charge in [0.05, 0.1) is 21.4 Å². The molecular formula is C19H14BrN3O4S. The second-order valence-electron chi connectivity index (χ2n) is 5.69. The summed E-state index contributed by atoms with van der Waals surface area (Å²) in [6.07, 6.45) is 1.28. The SMILES string of the molecule is O=C(CSc1cccc2ccccc12)NN=Cc1cc(Br)c(O)c([N+](=O)[O-])c1. The predicted molar refractivity (Wildman–Crippen MR) is 113 cm³/mol. The van der Waals surface area contributed by atoms with Gasteiger partial charge in [0.25, 0.3) is 0 Å². The summed E-state index contributed by atoms with van der Waals surface area (Å²) in [5.41, 5.74) is 2.30. The fraction of sp³-hybridized carbons (Fsp3) is 0.0526. The number of phenols is 1. The minimum atomic E-state index is -0.698. The van der Waals surface area contributed by atoms with Crippen molar-refractivity contribution in [3.8, 4) is 5.75 Å². The Bertz CT molecular complexity index is 1080. The largest absolute Gasteiger partial charge is 0.501 e. The Balaban J connectivity index is 1.62. The molecule has 0 atom stereocenters. The van der Waals surface area contributed by atoms with Gasteiger partial charge in [-0.05, 0) is 38.8 Å². The molecule has 0 saturated carbocycles. The van der Waals surface area contributed by atoms with Crippen molar-refractivity contribution >= 4 is 56.3 Å². The summed E-state index contributed by atoms with van der Waals surface area (Å²) in [6, 6.07) is 16.5. The number of fused-ring (bicyclic) bond motifs is 1. The van der Waals surface area contributed by atoms with Crippen molar-refractivity contribution in [2.45, 2.75) is 4.90 Å². The molecule has 9 heteroatoms. The van der Waals surface area contributed by atoms with E-state index < -0.39 is 16.4 Å². The number of carbonyl (C=O) groups excluding carboxylic acids is 1. The van der Waals surface area contributed by atoms with Gasteiger partial charge in [0, 0.05) is 16.5 Å². The smallest absolute Gasteiger partial charge is 0.312 e. The third kappa shape index (κ3) is 4.68. The van der Waals surface area contributed by atoms with Crippen LogP contribution in [0.1, 0.15) is 5.56 Å². The molecule has 0 unspecified atom stereocenters. The molecule has 2 N–H and O–H groups in total. The van der Waals surface area contributed by atoms with E-state index >= 15 is 0 Å². The van der Waals surface area contributed by atoms with E-state index in [2.05, 4.69) is 26.5 Å². The number of carbonyl (C=O) groups is 1. The highest BCUT2D eigenvalue weighted by atomic mass is 79.9. The molecule has 0 spiro atoms. The van der Waals surface area contributed by atoms with E-state index in [1.165, 1.54) is 30.1 Å². The molecule has 3 aromatic rings. The lowest BCUT2D eigenvalue weighted by atomic mass is 10.1. The van der Waals surface area contributed by atoms with Gasteiger partial charge in [0.1, 0.15) is 0 Å². The summed E-state index contributed by atoms with van der Waals surface area (Å²) in [5, 5.41) is 26.6. The van der Waals surface area contributed by atoms with Gasteiger partial charge >= 0.3 is 5.69 Å². The number of amides is 1. The molecule has 0 aliphatic carbocycles. The highest BCUT2D eigenvalue weighted by molar-refractivity contribution is 9.10. The lowest BCUT2D eigenvalue weighted by molar-refractivity contribution is -0.386. The summed E-state index contributed by atoms with van der Waals surface area (Å²) in [6.45, 7) is 0. The summed E-state index contributed by atoms with van der Waals surface area (Å²) >= 11 is 4.45. The van der Waals surface area contributed by atoms with Gasteiger partial charge in [-0.1, -0.05) is 36.4 Å². The zero-order valence-electron chi connectivity index (χ0n) is 14.3. The van der Waals surface area contributed by atoms with Crippen molar-refractivity contribution in [3.05, 3.63) is 74.7 Å². The van der Waals surface area contributed by atoms with Crippen molar-refractivity contribution in [2.24, 2.45) is 5.10 Å². The normalized spacial score (nSPS) is 11.0. The Labute approximate surface area is 172 Å². The summed E-state index contributed by atoms with van der Waals surface area (Å²) in [7, 11) is 0. The van der Waals surface area contributed by atoms with Crippen molar-refractivity contribution in [1.29, 1.82) is 0 Å². The molecule has 3 aromatic carbocycles. The van der Waals surface area contributed by atoms with Crippen LogP contribution >= 0.6 is 27.7 Å². The van der Waals surface area contributed by atoms with Crippen LogP contribution in [0.5, 0.6) is 5.75 Å². The monoisotopic (exact) mass is 459 g/mol. The Morgan fingerprint density at radius 2 is 2.00 bits per heavy atom. The van der Waals surface area contributed by atoms with Gasteiger partial charge < -0.3 is 5.11 Å². The van der Waals surface area contributed by atoms with E-state index in [4.69, 9.17) is 0 Å². The molecule has 28 heavy (non-hydrogen) atoms. The van der Waals surface area contributed by atoms with Crippen molar-refractivity contribution in [2.75, 3.05) is 5.75 Å². The second-order valence-corrected chi connectivity index (χ2v) is 7.56. The molecule has 0 aliphatic heterocycles. The molecular weight excluding hydrogens is 446 g/mol. The van der Waals surface area contributed by atoms with Gasteiger partial charge in [-0.15, -0.1) is 11.8 Å². The predicted octanol–water partition coefficient (Wildman–Crippen LogP) is 4.46. The molecule has 0 bridgehead atoms. The Morgan fingerprint density at radius 1 is 1.25 bits per heavy atom. The quantitative estimate of drug-likeness (QED) is 0.245. The minimum Gasteiger partial charge on any atom is -0.501 e. The molecule has 0 saturated heterocycles. The zero-order chi connectivity index (χ0) is 20.1. The topological polar surface area (TPSA) is 105 Å². The van der Waals surface area contributed by atoms with Crippen LogP contribution in [0, 0.1) is 10.1 Å². The minimum absolute atomic E-state index is 0.168. The van der Waals surface area contributed by atoms with Crippen LogP contribution in [0.25, 0.3) is 10.8 Å². The highest BCUT2D eigenvalue weighted by Gasteiger charge is 2.17. The van der Waals surface area contributed by atoms with Gasteiger partial charge in [-0.25, -0.2) is 5.43 Å². The van der Waals surface area contributed by atoms with Crippen molar-refractivity contribution in [3.63, 3.8) is 0 Å². The summed E-state index contributed by atoms with van der Waals surface area (Å²) in [4.78, 5) is 23.3. The van der Waals surface area contributed by atoms with Crippen LogP contribution in [-0.4, -0.2) is 27.9 Å². The number of nitrogens with one attached hydrogen (secondary N) is 1. The van der Waals surface area contributed by atoms with E-state index in [-0.39, 0.29) is 16.1 Å². The molecule has 142 valence electrons. The Morgan fingerprint density at radius 3 is 2.79 bits per heavy atom. The number of thioether (sulfide) groups is 1. The number of hydrogen-bond donors (Lipinski definition) is 2. The van der Waals surface area contributed by atoms with Crippen LogP contribution in [0.15, 0.2) is 69.1 Å². The number of nitrogens with zero attached hydrogens (tertiary/aromatic N) is 2. The highest BCUT2D eigenvalue weighted by Crippen LogP contribution is 2.34. The first-order valence-electron chi connectivity index (χ1n) is 8.05. The van der Waals surface area contributed by atoms with Crippen LogP contribution in [-0.2, 0) is 4.79 Å². The first kappa shape index (κ1) is 19.8.